The van der Waals surface area contributed by atoms with E-state index in [0.29, 0.717) is 23.9 Å². The van der Waals surface area contributed by atoms with E-state index in [1.807, 2.05) is 48.5 Å². The van der Waals surface area contributed by atoms with E-state index in [0.717, 1.165) is 16.5 Å². The lowest BCUT2D eigenvalue weighted by molar-refractivity contribution is 0.242. The summed E-state index contributed by atoms with van der Waals surface area (Å²) in [6.07, 6.45) is 3.91. The molecular weight excluding hydrogens is 304 g/mol. The molecule has 24 heavy (non-hydrogen) atoms. The number of ether oxygens (including phenoxy) is 1. The Morgan fingerprint density at radius 2 is 1.96 bits per heavy atom. The summed E-state index contributed by atoms with van der Waals surface area (Å²) in [6.45, 7) is 0.223. The molecule has 0 spiro atoms. The molecule has 4 rings (SSSR count). The lowest BCUT2D eigenvalue weighted by Crippen LogP contribution is -1.97. The number of hydrogen-bond acceptors (Lipinski definition) is 6. The number of fused-ring (bicyclic) bond motifs is 1. The van der Waals surface area contributed by atoms with Crippen LogP contribution in [0.5, 0.6) is 5.75 Å². The fourth-order valence-electron chi connectivity index (χ4n) is 2.40. The van der Waals surface area contributed by atoms with Crippen molar-refractivity contribution in [1.82, 2.24) is 20.1 Å². The van der Waals surface area contributed by atoms with E-state index in [1.165, 1.54) is 6.33 Å². The van der Waals surface area contributed by atoms with Gasteiger partial charge in [0.2, 0.25) is 0 Å². The Balaban J connectivity index is 1.42. The number of benzene rings is 2. The van der Waals surface area contributed by atoms with Crippen LogP contribution in [0.25, 0.3) is 10.9 Å². The molecule has 0 saturated heterocycles. The number of nitrogens with zero attached hydrogens (tertiary/aromatic N) is 4. The van der Waals surface area contributed by atoms with Crippen molar-refractivity contribution < 1.29 is 9.26 Å². The van der Waals surface area contributed by atoms with E-state index in [-0.39, 0.29) is 6.61 Å². The van der Waals surface area contributed by atoms with Crippen LogP contribution in [-0.2, 0) is 13.0 Å². The van der Waals surface area contributed by atoms with Gasteiger partial charge >= 0.3 is 0 Å². The Labute approximate surface area is 138 Å². The van der Waals surface area contributed by atoms with Crippen molar-refractivity contribution in [3.63, 3.8) is 0 Å². The zero-order valence-corrected chi connectivity index (χ0v) is 12.8. The van der Waals surface area contributed by atoms with Crippen LogP contribution >= 0.6 is 0 Å². The SMILES string of the molecule is c1ccc(Cc2noc(COc3ccc4ncncc4c3)n2)cc1. The van der Waals surface area contributed by atoms with E-state index in [2.05, 4.69) is 20.1 Å². The van der Waals surface area contributed by atoms with Gasteiger partial charge in [0.1, 0.15) is 12.1 Å². The summed E-state index contributed by atoms with van der Waals surface area (Å²) in [7, 11) is 0. The van der Waals surface area contributed by atoms with Crippen molar-refractivity contribution in [2.75, 3.05) is 0 Å². The van der Waals surface area contributed by atoms with Gasteiger partial charge in [-0.15, -0.1) is 0 Å². The summed E-state index contributed by atoms with van der Waals surface area (Å²) >= 11 is 0. The molecule has 118 valence electrons. The van der Waals surface area contributed by atoms with Crippen molar-refractivity contribution in [1.29, 1.82) is 0 Å². The van der Waals surface area contributed by atoms with Crippen LogP contribution in [0, 0.1) is 0 Å². The molecule has 0 unspecified atom stereocenters. The van der Waals surface area contributed by atoms with E-state index >= 15 is 0 Å². The Hall–Kier alpha value is -3.28. The molecule has 4 aromatic rings. The second-order valence-corrected chi connectivity index (χ2v) is 5.30. The van der Waals surface area contributed by atoms with Gasteiger partial charge in [0.25, 0.3) is 5.89 Å². The molecule has 0 saturated carbocycles. The molecule has 2 aromatic carbocycles. The van der Waals surface area contributed by atoms with Gasteiger partial charge in [0.15, 0.2) is 12.4 Å². The summed E-state index contributed by atoms with van der Waals surface area (Å²) in [5, 5.41) is 4.91. The molecule has 2 heterocycles. The van der Waals surface area contributed by atoms with Crippen LogP contribution in [0.1, 0.15) is 17.3 Å². The first kappa shape index (κ1) is 14.3. The molecule has 0 amide bonds. The topological polar surface area (TPSA) is 73.9 Å². The zero-order chi connectivity index (χ0) is 16.2. The first-order valence-corrected chi connectivity index (χ1v) is 7.55. The van der Waals surface area contributed by atoms with E-state index < -0.39 is 0 Å². The first-order valence-electron chi connectivity index (χ1n) is 7.55. The minimum atomic E-state index is 0.223. The normalized spacial score (nSPS) is 10.8. The largest absolute Gasteiger partial charge is 0.484 e. The molecule has 0 aliphatic rings. The molecular formula is C18H14N4O2. The predicted molar refractivity (Wildman–Crippen MR) is 87.4 cm³/mol. The van der Waals surface area contributed by atoms with Gasteiger partial charge in [-0.3, -0.25) is 0 Å². The van der Waals surface area contributed by atoms with E-state index in [9.17, 15) is 0 Å². The third-order valence-corrected chi connectivity index (χ3v) is 3.55. The van der Waals surface area contributed by atoms with Gasteiger partial charge in [-0.2, -0.15) is 4.98 Å². The quantitative estimate of drug-likeness (QED) is 0.562. The minimum Gasteiger partial charge on any atom is -0.484 e. The number of hydrogen-bond donors (Lipinski definition) is 0. The Bertz CT molecular complexity index is 953. The molecule has 0 radical (unpaired) electrons. The molecule has 6 heteroatoms. The monoisotopic (exact) mass is 318 g/mol. The fourth-order valence-corrected chi connectivity index (χ4v) is 2.40. The van der Waals surface area contributed by atoms with Gasteiger partial charge in [-0.25, -0.2) is 9.97 Å². The molecule has 6 nitrogen and oxygen atoms in total. The highest BCUT2D eigenvalue weighted by molar-refractivity contribution is 5.78. The van der Waals surface area contributed by atoms with Crippen LogP contribution < -0.4 is 4.74 Å². The molecule has 0 fully saturated rings. The minimum absolute atomic E-state index is 0.223. The van der Waals surface area contributed by atoms with Crippen LogP contribution in [0.4, 0.5) is 0 Å². The fraction of sp³-hybridized carbons (Fsp3) is 0.111. The molecule has 0 aliphatic heterocycles. The van der Waals surface area contributed by atoms with Crippen molar-refractivity contribution >= 4 is 10.9 Å². The molecule has 0 aliphatic carbocycles. The van der Waals surface area contributed by atoms with Crippen LogP contribution in [-0.4, -0.2) is 20.1 Å². The third kappa shape index (κ3) is 3.22. The Kier molecular flexibility index (Phi) is 3.85. The highest BCUT2D eigenvalue weighted by atomic mass is 16.5. The van der Waals surface area contributed by atoms with Gasteiger partial charge in [-0.05, 0) is 23.8 Å². The average Bonchev–Trinajstić information content (AvgIpc) is 3.08. The van der Waals surface area contributed by atoms with Gasteiger partial charge < -0.3 is 9.26 Å². The maximum atomic E-state index is 5.71. The van der Waals surface area contributed by atoms with Crippen LogP contribution in [0.15, 0.2) is 65.6 Å². The third-order valence-electron chi connectivity index (χ3n) is 3.55. The molecule has 0 atom stereocenters. The highest BCUT2D eigenvalue weighted by Crippen LogP contribution is 2.19. The second kappa shape index (κ2) is 6.45. The average molecular weight is 318 g/mol. The standard InChI is InChI=1S/C18H14N4O2/c1-2-4-13(5-3-1)8-17-21-18(24-22-17)11-23-15-6-7-16-14(9-15)10-19-12-20-16/h1-7,9-10,12H,8,11H2. The maximum Gasteiger partial charge on any atom is 0.264 e. The van der Waals surface area contributed by atoms with Crippen molar-refractivity contribution in [3.8, 4) is 5.75 Å². The van der Waals surface area contributed by atoms with Gasteiger partial charge in [0.05, 0.1) is 5.52 Å². The lowest BCUT2D eigenvalue weighted by atomic mass is 10.1. The Morgan fingerprint density at radius 3 is 2.88 bits per heavy atom. The summed E-state index contributed by atoms with van der Waals surface area (Å²) in [4.78, 5) is 12.5. The van der Waals surface area contributed by atoms with Gasteiger partial charge in [-0.1, -0.05) is 35.5 Å². The number of aromatic nitrogens is 4. The van der Waals surface area contributed by atoms with Crippen LogP contribution in [0.2, 0.25) is 0 Å². The van der Waals surface area contributed by atoms with Crippen molar-refractivity contribution in [2.24, 2.45) is 0 Å². The zero-order valence-electron chi connectivity index (χ0n) is 12.8. The first-order chi connectivity index (χ1) is 11.9. The summed E-state index contributed by atoms with van der Waals surface area (Å²) in [6, 6.07) is 15.7. The second-order valence-electron chi connectivity index (χ2n) is 5.30. The number of rotatable bonds is 5. The van der Waals surface area contributed by atoms with Gasteiger partial charge in [0, 0.05) is 18.0 Å². The predicted octanol–water partition coefficient (Wildman–Crippen LogP) is 3.18. The Morgan fingerprint density at radius 1 is 1.04 bits per heavy atom. The molecule has 0 bridgehead atoms. The van der Waals surface area contributed by atoms with E-state index in [1.54, 1.807) is 6.20 Å². The van der Waals surface area contributed by atoms with Crippen molar-refractivity contribution in [2.45, 2.75) is 13.0 Å². The van der Waals surface area contributed by atoms with Crippen LogP contribution in [0.3, 0.4) is 0 Å². The van der Waals surface area contributed by atoms with E-state index in [4.69, 9.17) is 9.26 Å². The summed E-state index contributed by atoms with van der Waals surface area (Å²) < 4.78 is 10.9. The summed E-state index contributed by atoms with van der Waals surface area (Å²) in [5.41, 5.74) is 2.01. The van der Waals surface area contributed by atoms with Crippen molar-refractivity contribution in [3.05, 3.63) is 78.3 Å². The maximum absolute atomic E-state index is 5.71. The lowest BCUT2D eigenvalue weighted by Gasteiger charge is -2.03. The summed E-state index contributed by atoms with van der Waals surface area (Å²) in [5.74, 6) is 1.80. The molecule has 0 N–H and O–H groups in total. The highest BCUT2D eigenvalue weighted by Gasteiger charge is 2.08. The molecule has 2 aromatic heterocycles. The smallest absolute Gasteiger partial charge is 0.264 e.